The molecule has 2 saturated heterocycles. The zero-order chi connectivity index (χ0) is 13.4. The van der Waals surface area contributed by atoms with Crippen LogP contribution in [-0.4, -0.2) is 28.4 Å². The minimum Gasteiger partial charge on any atom is -0.419 e. The van der Waals surface area contributed by atoms with Gasteiger partial charge in [-0.2, -0.15) is 0 Å². The molecule has 2 aliphatic heterocycles. The van der Waals surface area contributed by atoms with Crippen molar-refractivity contribution in [2.45, 2.75) is 44.1 Å². The second-order valence-corrected chi connectivity index (χ2v) is 5.46. The fourth-order valence-corrected chi connectivity index (χ4v) is 3.09. The maximum atomic E-state index is 5.82. The Labute approximate surface area is 117 Å². The van der Waals surface area contributed by atoms with Crippen LogP contribution in [0.15, 0.2) is 34.7 Å². The molecule has 5 nitrogen and oxygen atoms in total. The summed E-state index contributed by atoms with van der Waals surface area (Å²) < 4.78 is 11.5. The molecule has 0 spiro atoms. The lowest BCUT2D eigenvalue weighted by Gasteiger charge is -2.18. The lowest BCUT2D eigenvalue weighted by Crippen LogP contribution is -2.37. The summed E-state index contributed by atoms with van der Waals surface area (Å²) in [6.07, 6.45) is 4.31. The van der Waals surface area contributed by atoms with Gasteiger partial charge in [-0.25, -0.2) is 0 Å². The van der Waals surface area contributed by atoms with Gasteiger partial charge in [0.05, 0.1) is 18.8 Å². The normalized spacial score (nSPS) is 28.1. The molecule has 5 heteroatoms. The van der Waals surface area contributed by atoms with E-state index in [4.69, 9.17) is 9.15 Å². The molecule has 0 radical (unpaired) electrons. The van der Waals surface area contributed by atoms with Gasteiger partial charge in [-0.1, -0.05) is 18.2 Å². The molecule has 2 aliphatic rings. The fraction of sp³-hybridized carbons (Fsp3) is 0.467. The van der Waals surface area contributed by atoms with Crippen LogP contribution in [0.1, 0.15) is 25.2 Å². The van der Waals surface area contributed by atoms with E-state index in [1.54, 1.807) is 0 Å². The Morgan fingerprint density at radius 2 is 2.05 bits per heavy atom. The van der Waals surface area contributed by atoms with E-state index in [0.29, 0.717) is 36.6 Å². The Bertz CT molecular complexity index is 584. The third-order valence-corrected chi connectivity index (χ3v) is 4.11. The molecule has 1 aromatic heterocycles. The number of hydrogen-bond acceptors (Lipinski definition) is 5. The molecule has 2 aromatic rings. The largest absolute Gasteiger partial charge is 0.419 e. The van der Waals surface area contributed by atoms with Crippen molar-refractivity contribution in [2.75, 3.05) is 0 Å². The number of nitrogens with one attached hydrogen (secondary N) is 1. The zero-order valence-corrected chi connectivity index (χ0v) is 11.2. The van der Waals surface area contributed by atoms with Crippen molar-refractivity contribution in [3.8, 4) is 11.5 Å². The van der Waals surface area contributed by atoms with Gasteiger partial charge < -0.3 is 14.5 Å². The topological polar surface area (TPSA) is 60.2 Å². The van der Waals surface area contributed by atoms with Crippen LogP contribution in [0.2, 0.25) is 0 Å². The first-order valence-electron chi connectivity index (χ1n) is 7.15. The van der Waals surface area contributed by atoms with E-state index in [-0.39, 0.29) is 0 Å². The van der Waals surface area contributed by atoms with Gasteiger partial charge in [-0.05, 0) is 31.4 Å². The monoisotopic (exact) mass is 271 g/mol. The fourth-order valence-electron chi connectivity index (χ4n) is 3.09. The smallest absolute Gasteiger partial charge is 0.247 e. The van der Waals surface area contributed by atoms with E-state index in [1.807, 2.05) is 30.3 Å². The molecule has 1 aromatic carbocycles. The van der Waals surface area contributed by atoms with Gasteiger partial charge in [0.2, 0.25) is 11.8 Å². The summed E-state index contributed by atoms with van der Waals surface area (Å²) in [4.78, 5) is 0. The third kappa shape index (κ3) is 2.23. The van der Waals surface area contributed by atoms with Crippen LogP contribution in [-0.2, 0) is 11.3 Å². The minimum atomic E-state index is 0.372. The van der Waals surface area contributed by atoms with Crippen LogP contribution in [0.3, 0.4) is 0 Å². The average molecular weight is 271 g/mol. The Morgan fingerprint density at radius 1 is 1.15 bits per heavy atom. The number of hydrogen-bond donors (Lipinski definition) is 1. The van der Waals surface area contributed by atoms with E-state index in [1.165, 1.54) is 12.8 Å². The summed E-state index contributed by atoms with van der Waals surface area (Å²) in [6, 6.07) is 10.3. The standard InChI is InChI=1S/C15H17N3O2/c1-2-4-10(5-3-1)15-18-17-14(20-15)9-16-12-8-11-6-7-13(12)19-11/h1-5,11-13,16H,6-9H2. The van der Waals surface area contributed by atoms with Crippen molar-refractivity contribution >= 4 is 0 Å². The van der Waals surface area contributed by atoms with Crippen molar-refractivity contribution in [1.82, 2.24) is 15.5 Å². The highest BCUT2D eigenvalue weighted by molar-refractivity contribution is 5.51. The second-order valence-electron chi connectivity index (χ2n) is 5.46. The van der Waals surface area contributed by atoms with Crippen LogP contribution in [0.4, 0.5) is 0 Å². The summed E-state index contributed by atoms with van der Waals surface area (Å²) in [7, 11) is 0. The Balaban J connectivity index is 1.39. The van der Waals surface area contributed by atoms with Gasteiger partial charge in [0.25, 0.3) is 0 Å². The highest BCUT2D eigenvalue weighted by Gasteiger charge is 2.40. The van der Waals surface area contributed by atoms with E-state index in [9.17, 15) is 0 Å². The number of fused-ring (bicyclic) bond motifs is 2. The Morgan fingerprint density at radius 3 is 2.80 bits per heavy atom. The number of rotatable bonds is 4. The highest BCUT2D eigenvalue weighted by Crippen LogP contribution is 2.34. The molecule has 0 saturated carbocycles. The van der Waals surface area contributed by atoms with Crippen molar-refractivity contribution in [3.63, 3.8) is 0 Å². The van der Waals surface area contributed by atoms with Gasteiger partial charge in [-0.3, -0.25) is 0 Å². The molecular formula is C15H17N3O2. The summed E-state index contributed by atoms with van der Waals surface area (Å²) in [5.41, 5.74) is 0.953. The van der Waals surface area contributed by atoms with Gasteiger partial charge in [0.1, 0.15) is 0 Å². The first-order valence-corrected chi connectivity index (χ1v) is 7.15. The maximum absolute atomic E-state index is 5.82. The predicted molar refractivity (Wildman–Crippen MR) is 72.9 cm³/mol. The molecular weight excluding hydrogens is 254 g/mol. The molecule has 104 valence electrons. The van der Waals surface area contributed by atoms with E-state index in [2.05, 4.69) is 15.5 Å². The molecule has 3 atom stereocenters. The summed E-state index contributed by atoms with van der Waals surface area (Å²) in [6.45, 7) is 0.608. The molecule has 20 heavy (non-hydrogen) atoms. The van der Waals surface area contributed by atoms with Crippen LogP contribution < -0.4 is 5.32 Å². The van der Waals surface area contributed by atoms with Crippen molar-refractivity contribution < 1.29 is 9.15 Å². The number of benzene rings is 1. The molecule has 0 aliphatic carbocycles. The van der Waals surface area contributed by atoms with E-state index in [0.717, 1.165) is 12.0 Å². The third-order valence-electron chi connectivity index (χ3n) is 4.11. The van der Waals surface area contributed by atoms with E-state index < -0.39 is 0 Å². The molecule has 3 heterocycles. The number of aromatic nitrogens is 2. The Kier molecular flexibility index (Phi) is 3.01. The average Bonchev–Trinajstić information content (AvgIpc) is 3.22. The number of ether oxygens (including phenoxy) is 1. The molecule has 2 fully saturated rings. The first-order chi connectivity index (χ1) is 9.88. The van der Waals surface area contributed by atoms with Crippen LogP contribution >= 0.6 is 0 Å². The van der Waals surface area contributed by atoms with Crippen molar-refractivity contribution in [2.24, 2.45) is 0 Å². The Hall–Kier alpha value is -1.72. The summed E-state index contributed by atoms with van der Waals surface area (Å²) >= 11 is 0. The maximum Gasteiger partial charge on any atom is 0.247 e. The van der Waals surface area contributed by atoms with Gasteiger partial charge in [0, 0.05) is 11.6 Å². The molecule has 2 bridgehead atoms. The SMILES string of the molecule is c1ccc(-c2nnc(CNC3CC4CCC3O4)o2)cc1. The lowest BCUT2D eigenvalue weighted by atomic mass is 9.95. The second kappa shape index (κ2) is 5.00. The molecule has 3 unspecified atom stereocenters. The number of nitrogens with zero attached hydrogens (tertiary/aromatic N) is 2. The van der Waals surface area contributed by atoms with Crippen molar-refractivity contribution in [3.05, 3.63) is 36.2 Å². The summed E-state index contributed by atoms with van der Waals surface area (Å²) in [5, 5.41) is 11.7. The van der Waals surface area contributed by atoms with Crippen LogP contribution in [0.25, 0.3) is 11.5 Å². The van der Waals surface area contributed by atoms with Gasteiger partial charge in [-0.15, -0.1) is 10.2 Å². The van der Waals surface area contributed by atoms with Crippen molar-refractivity contribution in [1.29, 1.82) is 0 Å². The lowest BCUT2D eigenvalue weighted by molar-refractivity contribution is 0.0970. The zero-order valence-electron chi connectivity index (χ0n) is 11.2. The molecule has 4 rings (SSSR count). The minimum absolute atomic E-state index is 0.372. The van der Waals surface area contributed by atoms with Crippen LogP contribution in [0, 0.1) is 0 Å². The van der Waals surface area contributed by atoms with Crippen LogP contribution in [0.5, 0.6) is 0 Å². The van der Waals surface area contributed by atoms with Gasteiger partial charge in [0.15, 0.2) is 0 Å². The first kappa shape index (κ1) is 12.1. The van der Waals surface area contributed by atoms with Gasteiger partial charge >= 0.3 is 0 Å². The van der Waals surface area contributed by atoms with E-state index >= 15 is 0 Å². The molecule has 0 amide bonds. The summed E-state index contributed by atoms with van der Waals surface area (Å²) in [5.74, 6) is 1.21. The quantitative estimate of drug-likeness (QED) is 0.923. The highest BCUT2D eigenvalue weighted by atomic mass is 16.5. The predicted octanol–water partition coefficient (Wildman–Crippen LogP) is 2.15. The molecule has 1 N–H and O–H groups in total.